The molecule has 0 aromatic carbocycles. The summed E-state index contributed by atoms with van der Waals surface area (Å²) in [6, 6.07) is 0. The predicted octanol–water partition coefficient (Wildman–Crippen LogP) is 3.29. The van der Waals surface area contributed by atoms with Gasteiger partial charge in [-0.1, -0.05) is 46.0 Å². The molecule has 0 amide bonds. The Labute approximate surface area is 179 Å². The third-order valence-electron chi connectivity index (χ3n) is 4.99. The zero-order valence-corrected chi connectivity index (χ0v) is 19.1. The third kappa shape index (κ3) is 4.51. The number of hydrogen-bond acceptors (Lipinski definition) is 10. The van der Waals surface area contributed by atoms with Crippen molar-refractivity contribution in [3.05, 3.63) is 24.7 Å². The number of hydrogen-bond donors (Lipinski definition) is 1. The molecule has 3 rings (SSSR count). The molecule has 2 N–H and O–H groups in total. The molecular formula is C18H27FN3O6PS. The number of carbonyl (C=O) groups excluding carboxylic acids is 1. The van der Waals surface area contributed by atoms with Gasteiger partial charge in [-0.2, -0.15) is 0 Å². The minimum Gasteiger partial charge on any atom is -0.384 e. The van der Waals surface area contributed by atoms with Crippen LogP contribution in [0.4, 0.5) is 4.39 Å². The SMILES string of the molecule is C=C1N=C(N)C=CN1[C@@H]1O[C@]2(CC)COP(=O)(OCSC(=O)C(C)(C)C)O[C@H]2[C@H]1F. The minimum atomic E-state index is -4.08. The number of fused-ring (bicyclic) bond motifs is 1. The first-order valence-electron chi connectivity index (χ1n) is 9.47. The van der Waals surface area contributed by atoms with Gasteiger partial charge in [-0.15, -0.1) is 0 Å². The summed E-state index contributed by atoms with van der Waals surface area (Å²) in [5.74, 6) is 0.220. The first-order chi connectivity index (χ1) is 13.9. The molecule has 3 aliphatic heterocycles. The number of ether oxygens (including phenoxy) is 1. The van der Waals surface area contributed by atoms with E-state index in [1.54, 1.807) is 27.7 Å². The number of thioether (sulfide) groups is 1. The van der Waals surface area contributed by atoms with Gasteiger partial charge < -0.3 is 15.4 Å². The number of rotatable bonds is 5. The van der Waals surface area contributed by atoms with Crippen molar-refractivity contribution < 1.29 is 32.1 Å². The number of nitrogens with two attached hydrogens (primary N) is 1. The summed E-state index contributed by atoms with van der Waals surface area (Å²) >= 11 is 0.856. The Bertz CT molecular complexity index is 831. The Hall–Kier alpha value is -1.23. The van der Waals surface area contributed by atoms with Gasteiger partial charge in [-0.25, -0.2) is 13.9 Å². The van der Waals surface area contributed by atoms with Gasteiger partial charge in [0.25, 0.3) is 0 Å². The molecule has 0 aromatic heterocycles. The zero-order valence-electron chi connectivity index (χ0n) is 17.4. The number of alkyl halides is 1. The minimum absolute atomic E-state index is 0.142. The highest BCUT2D eigenvalue weighted by atomic mass is 32.2. The first kappa shape index (κ1) is 23.4. The lowest BCUT2D eigenvalue weighted by Gasteiger charge is -2.39. The lowest BCUT2D eigenvalue weighted by molar-refractivity contribution is -0.151. The van der Waals surface area contributed by atoms with Crippen LogP contribution in [0, 0.1) is 5.41 Å². The van der Waals surface area contributed by atoms with Crippen molar-refractivity contribution in [2.75, 3.05) is 12.5 Å². The van der Waals surface area contributed by atoms with Gasteiger partial charge in [0, 0.05) is 11.6 Å². The van der Waals surface area contributed by atoms with Crippen LogP contribution >= 0.6 is 19.6 Å². The van der Waals surface area contributed by atoms with Crippen LogP contribution in [0.2, 0.25) is 0 Å². The maximum absolute atomic E-state index is 15.4. The van der Waals surface area contributed by atoms with Crippen LogP contribution in [0.25, 0.3) is 0 Å². The highest BCUT2D eigenvalue weighted by molar-refractivity contribution is 8.13. The molecule has 9 nitrogen and oxygen atoms in total. The molecular weight excluding hydrogens is 436 g/mol. The highest BCUT2D eigenvalue weighted by Crippen LogP contribution is 2.60. The smallest absolute Gasteiger partial charge is 0.384 e. The van der Waals surface area contributed by atoms with Crippen LogP contribution in [0.3, 0.4) is 0 Å². The Morgan fingerprint density at radius 1 is 1.57 bits per heavy atom. The molecule has 5 atom stereocenters. The second kappa shape index (κ2) is 8.37. The van der Waals surface area contributed by atoms with Crippen molar-refractivity contribution in [1.29, 1.82) is 0 Å². The van der Waals surface area contributed by atoms with E-state index < -0.39 is 37.3 Å². The van der Waals surface area contributed by atoms with Gasteiger partial charge >= 0.3 is 7.82 Å². The van der Waals surface area contributed by atoms with Crippen LogP contribution in [0.5, 0.6) is 0 Å². The molecule has 2 fully saturated rings. The summed E-state index contributed by atoms with van der Waals surface area (Å²) in [5, 5.41) is -0.142. The van der Waals surface area contributed by atoms with E-state index in [4.69, 9.17) is 24.0 Å². The van der Waals surface area contributed by atoms with Gasteiger partial charge in [-0.05, 0) is 12.5 Å². The quantitative estimate of drug-likeness (QED) is 0.485. The maximum Gasteiger partial charge on any atom is 0.476 e. The van der Waals surface area contributed by atoms with Gasteiger partial charge in [0.1, 0.15) is 29.3 Å². The Morgan fingerprint density at radius 3 is 2.87 bits per heavy atom. The van der Waals surface area contributed by atoms with E-state index in [-0.39, 0.29) is 29.3 Å². The zero-order chi connectivity index (χ0) is 22.3. The average molecular weight is 463 g/mol. The number of amidine groups is 1. The molecule has 168 valence electrons. The van der Waals surface area contributed by atoms with Crippen molar-refractivity contribution in [3.63, 3.8) is 0 Å². The van der Waals surface area contributed by atoms with E-state index in [1.165, 1.54) is 17.2 Å². The lowest BCUT2D eigenvalue weighted by atomic mass is 9.94. The molecule has 0 radical (unpaired) electrons. The molecule has 1 unspecified atom stereocenters. The van der Waals surface area contributed by atoms with E-state index in [0.29, 0.717) is 6.42 Å². The second-order valence-electron chi connectivity index (χ2n) is 8.22. The van der Waals surface area contributed by atoms with Gasteiger partial charge in [-0.3, -0.25) is 18.4 Å². The predicted molar refractivity (Wildman–Crippen MR) is 111 cm³/mol. The number of nitrogens with zero attached hydrogens (tertiary/aromatic N) is 2. The summed E-state index contributed by atoms with van der Waals surface area (Å²) in [6.45, 7) is 10.7. The van der Waals surface area contributed by atoms with Crippen LogP contribution in [0.1, 0.15) is 34.1 Å². The fourth-order valence-electron chi connectivity index (χ4n) is 3.18. The van der Waals surface area contributed by atoms with E-state index in [2.05, 4.69) is 11.6 Å². The van der Waals surface area contributed by atoms with Crippen LogP contribution in [0.15, 0.2) is 29.7 Å². The molecule has 2 saturated heterocycles. The largest absolute Gasteiger partial charge is 0.476 e. The van der Waals surface area contributed by atoms with Crippen LogP contribution < -0.4 is 5.73 Å². The number of phosphoric acid groups is 1. The second-order valence-corrected chi connectivity index (χ2v) is 10.7. The van der Waals surface area contributed by atoms with Crippen LogP contribution in [-0.2, 0) is 27.7 Å². The number of halogens is 1. The monoisotopic (exact) mass is 463 g/mol. The van der Waals surface area contributed by atoms with Crippen molar-refractivity contribution in [2.45, 2.75) is 58.2 Å². The topological polar surface area (TPSA) is 113 Å². The average Bonchev–Trinajstić information content (AvgIpc) is 2.94. The maximum atomic E-state index is 15.4. The Morgan fingerprint density at radius 2 is 2.27 bits per heavy atom. The summed E-state index contributed by atoms with van der Waals surface area (Å²) in [6.07, 6.45) is -0.622. The summed E-state index contributed by atoms with van der Waals surface area (Å²) in [4.78, 5) is 17.4. The van der Waals surface area contributed by atoms with Crippen LogP contribution in [-0.4, -0.2) is 52.5 Å². The fraction of sp³-hybridized carbons (Fsp3) is 0.667. The standard InChI is InChI=1S/C18H27FN3O6PS/c1-6-18-9-25-29(24,26-10-30-16(23)17(3,4)5)28-14(18)13(19)15(27-18)22-8-7-12(20)21-11(22)2/h7-8,13-15H,2,6,9-10H2,1,3-5H3,(H2,20,21)/t13-,14+,15-,18-,29?/m1/s1. The number of aliphatic imine (C=N–C) groups is 1. The van der Waals surface area contributed by atoms with Crippen molar-refractivity contribution >= 4 is 30.5 Å². The third-order valence-corrected chi connectivity index (χ3v) is 7.65. The van der Waals surface area contributed by atoms with Gasteiger partial charge in [0.15, 0.2) is 17.5 Å². The van der Waals surface area contributed by atoms with E-state index in [9.17, 15) is 9.36 Å². The Kier molecular flexibility index (Phi) is 6.54. The first-order valence-corrected chi connectivity index (χ1v) is 11.9. The molecule has 12 heteroatoms. The van der Waals surface area contributed by atoms with Gasteiger partial charge in [0.05, 0.1) is 6.61 Å². The molecule has 0 aliphatic carbocycles. The van der Waals surface area contributed by atoms with E-state index in [0.717, 1.165) is 11.8 Å². The van der Waals surface area contributed by atoms with E-state index in [1.807, 2.05) is 0 Å². The number of phosphoric ester groups is 1. The normalized spacial score (nSPS) is 36.6. The van der Waals surface area contributed by atoms with Crippen molar-refractivity contribution in [2.24, 2.45) is 16.1 Å². The highest BCUT2D eigenvalue weighted by Gasteiger charge is 2.63. The molecule has 0 aromatic rings. The summed E-state index contributed by atoms with van der Waals surface area (Å²) < 4.78 is 50.4. The number of carbonyl (C=O) groups is 1. The van der Waals surface area contributed by atoms with Crippen molar-refractivity contribution in [1.82, 2.24) is 4.90 Å². The summed E-state index contributed by atoms with van der Waals surface area (Å²) in [5.41, 5.74) is 3.90. The molecule has 0 bridgehead atoms. The lowest BCUT2D eigenvalue weighted by Crippen LogP contribution is -2.49. The summed E-state index contributed by atoms with van der Waals surface area (Å²) in [7, 11) is -4.08. The van der Waals surface area contributed by atoms with E-state index >= 15 is 4.39 Å². The molecule has 30 heavy (non-hydrogen) atoms. The molecule has 0 saturated carbocycles. The van der Waals surface area contributed by atoms with Crippen molar-refractivity contribution in [3.8, 4) is 0 Å². The Balaban J connectivity index is 1.70. The molecule has 3 aliphatic rings. The molecule has 3 heterocycles. The van der Waals surface area contributed by atoms with Gasteiger partial charge in [0.2, 0.25) is 0 Å². The fourth-order valence-corrected chi connectivity index (χ4v) is 5.61. The molecule has 0 spiro atoms.